The van der Waals surface area contributed by atoms with Gasteiger partial charge in [0.15, 0.2) is 0 Å². The van der Waals surface area contributed by atoms with Crippen molar-refractivity contribution in [1.82, 2.24) is 15.0 Å². The van der Waals surface area contributed by atoms with E-state index >= 15 is 0 Å². The fourth-order valence-electron chi connectivity index (χ4n) is 6.05. The maximum atomic E-state index is 6.79. The maximum absolute atomic E-state index is 6.79. The Hall–Kier alpha value is -4.91. The van der Waals surface area contributed by atoms with E-state index in [0.29, 0.717) is 35.4 Å². The molecule has 0 saturated carbocycles. The van der Waals surface area contributed by atoms with Gasteiger partial charge in [-0.15, -0.1) is 0 Å². The monoisotopic (exact) mass is 598 g/mol. The lowest BCUT2D eigenvalue weighted by Crippen LogP contribution is -2.39. The second-order valence-corrected chi connectivity index (χ2v) is 11.5. The summed E-state index contributed by atoms with van der Waals surface area (Å²) in [7, 11) is 0. The molecule has 218 valence electrons. The smallest absolute Gasteiger partial charge is 0.260 e. The van der Waals surface area contributed by atoms with Crippen LogP contribution in [0.5, 0.6) is 0 Å². The number of hydrogen-bond donors (Lipinski definition) is 1. The highest BCUT2D eigenvalue weighted by Crippen LogP contribution is 2.48. The van der Waals surface area contributed by atoms with Crippen LogP contribution in [0, 0.1) is 0 Å². The van der Waals surface area contributed by atoms with E-state index in [1.165, 1.54) is 5.56 Å². The number of halogens is 1. The quantitative estimate of drug-likeness (QED) is 0.212. The number of benzene rings is 4. The Morgan fingerprint density at radius 2 is 1.52 bits per heavy atom. The molecule has 0 saturated heterocycles. The fourth-order valence-corrected chi connectivity index (χ4v) is 6.17. The van der Waals surface area contributed by atoms with Gasteiger partial charge in [0.05, 0.1) is 5.57 Å². The van der Waals surface area contributed by atoms with Gasteiger partial charge >= 0.3 is 0 Å². The summed E-state index contributed by atoms with van der Waals surface area (Å²) in [5.74, 6) is 1.58. The lowest BCUT2D eigenvalue weighted by molar-refractivity contribution is 0.203. The van der Waals surface area contributed by atoms with E-state index in [4.69, 9.17) is 31.6 Å². The van der Waals surface area contributed by atoms with E-state index in [2.05, 4.69) is 77.7 Å². The normalized spacial score (nSPS) is 18.7. The van der Waals surface area contributed by atoms with Crippen LogP contribution in [0.4, 0.5) is 0 Å². The second-order valence-electron chi connectivity index (χ2n) is 11.1. The molecule has 1 aromatic heterocycles. The number of nitrogens with two attached hydrogens (primary N) is 1. The minimum Gasteiger partial charge on any atom is -0.441 e. The van der Waals surface area contributed by atoms with Crippen LogP contribution in [-0.2, 0) is 4.74 Å². The molecule has 6 nitrogen and oxygen atoms in total. The molecule has 2 atom stereocenters. The van der Waals surface area contributed by atoms with Gasteiger partial charge in [-0.05, 0) is 59.5 Å². The zero-order chi connectivity index (χ0) is 30.0. The Bertz CT molecular complexity index is 1860. The van der Waals surface area contributed by atoms with Crippen LogP contribution < -0.4 is 5.73 Å². The van der Waals surface area contributed by atoms with Gasteiger partial charge in [-0.2, -0.15) is 4.98 Å². The molecule has 44 heavy (non-hydrogen) atoms. The molecule has 7 rings (SSSR count). The fraction of sp³-hybridized carbons (Fsp3) is 0.135. The van der Waals surface area contributed by atoms with Crippen LogP contribution in [0.25, 0.3) is 23.0 Å². The van der Waals surface area contributed by atoms with Crippen molar-refractivity contribution in [3.8, 4) is 11.4 Å². The van der Waals surface area contributed by atoms with Gasteiger partial charge in [0.25, 0.3) is 5.89 Å². The van der Waals surface area contributed by atoms with Crippen molar-refractivity contribution >= 4 is 23.3 Å². The zero-order valence-electron chi connectivity index (χ0n) is 24.2. The SMILES string of the molecule is C[C@H](c1ccccc1)N1CC2=C(OC(N)=C(c3nc(-c4ccc(Cl)cc4)no3)C2c2ccccc2)/C(=C/c2ccccc2)C1. The number of aromatic nitrogens is 2. The molecule has 0 aliphatic carbocycles. The Kier molecular flexibility index (Phi) is 7.61. The van der Waals surface area contributed by atoms with Gasteiger partial charge in [-0.1, -0.05) is 108 Å². The van der Waals surface area contributed by atoms with E-state index in [0.717, 1.165) is 33.6 Å². The standard InChI is InChI=1S/C37H31ClN4O2/c1-24(26-13-7-3-8-14-26)42-22-29(21-25-11-5-2-6-12-25)34-31(23-42)32(27-15-9-4-10-16-27)33(35(39)43-34)37-40-36(41-44-37)28-17-19-30(38)20-18-28/h2-21,24,32H,22-23,39H2,1H3/b29-21+/t24-,32?/m1/s1. The summed E-state index contributed by atoms with van der Waals surface area (Å²) in [4.78, 5) is 7.28. The highest BCUT2D eigenvalue weighted by Gasteiger charge is 2.41. The van der Waals surface area contributed by atoms with Gasteiger partial charge in [-0.3, -0.25) is 4.90 Å². The zero-order valence-corrected chi connectivity index (χ0v) is 25.0. The molecule has 0 spiro atoms. The largest absolute Gasteiger partial charge is 0.441 e. The summed E-state index contributed by atoms with van der Waals surface area (Å²) in [6, 6.07) is 38.7. The molecule has 2 aliphatic rings. The summed E-state index contributed by atoms with van der Waals surface area (Å²) in [5, 5.41) is 4.94. The Labute approximate surface area is 261 Å². The number of hydrogen-bond acceptors (Lipinski definition) is 6. The summed E-state index contributed by atoms with van der Waals surface area (Å²) in [6.45, 7) is 3.63. The molecule has 0 fully saturated rings. The highest BCUT2D eigenvalue weighted by molar-refractivity contribution is 6.30. The first-order valence-corrected chi connectivity index (χ1v) is 15.0. The van der Waals surface area contributed by atoms with Crippen LogP contribution in [-0.4, -0.2) is 28.1 Å². The third kappa shape index (κ3) is 5.46. The van der Waals surface area contributed by atoms with E-state index < -0.39 is 0 Å². The van der Waals surface area contributed by atoms with Crippen LogP contribution in [0.3, 0.4) is 0 Å². The van der Waals surface area contributed by atoms with Crippen LogP contribution in [0.2, 0.25) is 5.02 Å². The molecule has 3 heterocycles. The predicted octanol–water partition coefficient (Wildman–Crippen LogP) is 8.25. The minimum atomic E-state index is -0.261. The molecular formula is C37H31ClN4O2. The maximum Gasteiger partial charge on any atom is 0.260 e. The summed E-state index contributed by atoms with van der Waals surface area (Å²) >= 11 is 6.11. The van der Waals surface area contributed by atoms with Crippen molar-refractivity contribution in [3.05, 3.63) is 166 Å². The molecule has 0 amide bonds. The number of nitrogens with zero attached hydrogens (tertiary/aromatic N) is 3. The minimum absolute atomic E-state index is 0.160. The summed E-state index contributed by atoms with van der Waals surface area (Å²) in [6.07, 6.45) is 2.20. The molecule has 2 N–H and O–H groups in total. The first kappa shape index (κ1) is 27.9. The van der Waals surface area contributed by atoms with Gasteiger partial charge in [0.2, 0.25) is 11.7 Å². The Morgan fingerprint density at radius 3 is 2.23 bits per heavy atom. The summed E-state index contributed by atoms with van der Waals surface area (Å²) < 4.78 is 12.4. The number of ether oxygens (including phenoxy) is 1. The molecular weight excluding hydrogens is 568 g/mol. The topological polar surface area (TPSA) is 77.4 Å². The van der Waals surface area contributed by atoms with E-state index in [1.807, 2.05) is 48.5 Å². The molecule has 7 heteroatoms. The number of allylic oxidation sites excluding steroid dienone is 1. The van der Waals surface area contributed by atoms with E-state index in [1.54, 1.807) is 12.1 Å². The number of rotatable bonds is 6. The second kappa shape index (κ2) is 12.0. The van der Waals surface area contributed by atoms with Crippen molar-refractivity contribution < 1.29 is 9.26 Å². The van der Waals surface area contributed by atoms with E-state index in [9.17, 15) is 0 Å². The van der Waals surface area contributed by atoms with Gasteiger partial charge in [-0.25, -0.2) is 0 Å². The van der Waals surface area contributed by atoms with Crippen molar-refractivity contribution in [3.63, 3.8) is 0 Å². The van der Waals surface area contributed by atoms with Crippen molar-refractivity contribution in [2.24, 2.45) is 5.73 Å². The average Bonchev–Trinajstić information content (AvgIpc) is 3.55. The average molecular weight is 599 g/mol. The lowest BCUT2D eigenvalue weighted by atomic mass is 9.79. The molecule has 1 unspecified atom stereocenters. The van der Waals surface area contributed by atoms with Crippen LogP contribution in [0.1, 0.15) is 41.5 Å². The van der Waals surface area contributed by atoms with Crippen molar-refractivity contribution in [2.45, 2.75) is 18.9 Å². The molecule has 0 bridgehead atoms. The molecule has 5 aromatic rings. The predicted molar refractivity (Wildman–Crippen MR) is 174 cm³/mol. The molecule has 0 radical (unpaired) electrons. The molecule has 2 aliphatic heterocycles. The highest BCUT2D eigenvalue weighted by atomic mass is 35.5. The van der Waals surface area contributed by atoms with Crippen LogP contribution in [0.15, 0.2) is 143 Å². The Morgan fingerprint density at radius 1 is 0.864 bits per heavy atom. The van der Waals surface area contributed by atoms with Gasteiger partial charge in [0, 0.05) is 41.2 Å². The van der Waals surface area contributed by atoms with Gasteiger partial charge in [0.1, 0.15) is 5.76 Å². The van der Waals surface area contributed by atoms with Crippen LogP contribution >= 0.6 is 11.6 Å². The van der Waals surface area contributed by atoms with Gasteiger partial charge < -0.3 is 15.0 Å². The lowest BCUT2D eigenvalue weighted by Gasteiger charge is -2.41. The first-order chi connectivity index (χ1) is 21.5. The third-order valence-electron chi connectivity index (χ3n) is 8.31. The molecule has 4 aromatic carbocycles. The summed E-state index contributed by atoms with van der Waals surface area (Å²) in [5.41, 5.74) is 13.8. The van der Waals surface area contributed by atoms with Crippen molar-refractivity contribution in [1.29, 1.82) is 0 Å². The van der Waals surface area contributed by atoms with Crippen molar-refractivity contribution in [2.75, 3.05) is 13.1 Å². The first-order valence-electron chi connectivity index (χ1n) is 14.7. The van der Waals surface area contributed by atoms with E-state index in [-0.39, 0.29) is 17.8 Å². The Balaban J connectivity index is 1.36. The third-order valence-corrected chi connectivity index (χ3v) is 8.56.